The summed E-state index contributed by atoms with van der Waals surface area (Å²) in [6, 6.07) is 15.4. The molecule has 174 valence electrons. The Bertz CT molecular complexity index is 1130. The maximum absolute atomic E-state index is 13.2. The average molecular weight is 449 g/mol. The van der Waals surface area contributed by atoms with E-state index in [1.807, 2.05) is 58.0 Å². The van der Waals surface area contributed by atoms with E-state index in [0.29, 0.717) is 18.7 Å². The van der Waals surface area contributed by atoms with E-state index in [9.17, 15) is 9.59 Å². The van der Waals surface area contributed by atoms with Crippen molar-refractivity contribution in [3.63, 3.8) is 0 Å². The van der Waals surface area contributed by atoms with E-state index in [2.05, 4.69) is 13.8 Å². The second-order valence-electron chi connectivity index (χ2n) is 8.50. The van der Waals surface area contributed by atoms with Gasteiger partial charge in [-0.15, -0.1) is 0 Å². The molecule has 0 aliphatic carbocycles. The van der Waals surface area contributed by atoms with E-state index in [1.165, 1.54) is 0 Å². The van der Waals surface area contributed by atoms with E-state index in [4.69, 9.17) is 9.72 Å². The molecule has 1 saturated heterocycles. The molecule has 3 aromatic rings. The first kappa shape index (κ1) is 22.8. The lowest BCUT2D eigenvalue weighted by atomic mass is 10.1. The van der Waals surface area contributed by atoms with Gasteiger partial charge < -0.3 is 19.1 Å². The average Bonchev–Trinajstić information content (AvgIpc) is 3.39. The second-order valence-corrected chi connectivity index (χ2v) is 8.50. The third-order valence-electron chi connectivity index (χ3n) is 6.18. The highest BCUT2D eigenvalue weighted by atomic mass is 16.5. The normalized spacial score (nSPS) is 15.9. The molecular weight excluding hydrogens is 416 g/mol. The number of benzene rings is 2. The minimum Gasteiger partial charge on any atom is -0.495 e. The van der Waals surface area contributed by atoms with Crippen LogP contribution in [0.5, 0.6) is 5.75 Å². The van der Waals surface area contributed by atoms with Gasteiger partial charge in [0.15, 0.2) is 0 Å². The summed E-state index contributed by atoms with van der Waals surface area (Å²) in [5.74, 6) is 1.49. The van der Waals surface area contributed by atoms with Crippen LogP contribution in [0.3, 0.4) is 0 Å². The standard InChI is InChI=1S/C26H32N4O3/c1-4-14-28(15-5-2)25(32)18-30-21-11-7-6-10-20(21)27-26(30)19-16-24(31)29(17-19)22-12-8-9-13-23(22)33-3/h6-13,19H,4-5,14-18H2,1-3H3. The first-order valence-corrected chi connectivity index (χ1v) is 11.7. The quantitative estimate of drug-likeness (QED) is 0.492. The van der Waals surface area contributed by atoms with Crippen molar-refractivity contribution >= 4 is 28.5 Å². The predicted molar refractivity (Wildman–Crippen MR) is 130 cm³/mol. The molecule has 0 saturated carbocycles. The molecule has 33 heavy (non-hydrogen) atoms. The van der Waals surface area contributed by atoms with Crippen LogP contribution in [0.25, 0.3) is 11.0 Å². The summed E-state index contributed by atoms with van der Waals surface area (Å²) < 4.78 is 7.49. The monoisotopic (exact) mass is 448 g/mol. The summed E-state index contributed by atoms with van der Waals surface area (Å²) in [6.45, 7) is 6.41. The molecule has 1 aromatic heterocycles. The molecule has 2 heterocycles. The van der Waals surface area contributed by atoms with Gasteiger partial charge in [-0.1, -0.05) is 38.1 Å². The van der Waals surface area contributed by atoms with Crippen LogP contribution < -0.4 is 9.64 Å². The molecule has 1 unspecified atom stereocenters. The van der Waals surface area contributed by atoms with Crippen LogP contribution in [0.1, 0.15) is 44.9 Å². The Morgan fingerprint density at radius 2 is 1.79 bits per heavy atom. The number of imidazole rings is 1. The zero-order valence-corrected chi connectivity index (χ0v) is 19.7. The van der Waals surface area contributed by atoms with Crippen molar-refractivity contribution in [2.45, 2.75) is 45.6 Å². The summed E-state index contributed by atoms with van der Waals surface area (Å²) in [5, 5.41) is 0. The molecule has 2 aromatic carbocycles. The number of hydrogen-bond donors (Lipinski definition) is 0. The molecule has 0 spiro atoms. The van der Waals surface area contributed by atoms with Crippen LogP contribution in [0.15, 0.2) is 48.5 Å². The third-order valence-corrected chi connectivity index (χ3v) is 6.18. The Kier molecular flexibility index (Phi) is 6.96. The SMILES string of the molecule is CCCN(CCC)C(=O)Cn1c(C2CC(=O)N(c3ccccc3OC)C2)nc2ccccc21. The van der Waals surface area contributed by atoms with Gasteiger partial charge in [0.2, 0.25) is 11.8 Å². The Balaban J connectivity index is 1.67. The number of hydrogen-bond acceptors (Lipinski definition) is 4. The number of fused-ring (bicyclic) bond motifs is 1. The topological polar surface area (TPSA) is 67.7 Å². The Morgan fingerprint density at radius 3 is 2.52 bits per heavy atom. The molecule has 7 nitrogen and oxygen atoms in total. The summed E-state index contributed by atoms with van der Waals surface area (Å²) in [7, 11) is 1.61. The van der Waals surface area contributed by atoms with Crippen LogP contribution in [-0.4, -0.2) is 53.0 Å². The lowest BCUT2D eigenvalue weighted by Gasteiger charge is -2.23. The van der Waals surface area contributed by atoms with Crippen LogP contribution >= 0.6 is 0 Å². The number of carbonyl (C=O) groups is 2. The number of amides is 2. The maximum Gasteiger partial charge on any atom is 0.242 e. The van der Waals surface area contributed by atoms with Crippen LogP contribution in [-0.2, 0) is 16.1 Å². The summed E-state index contributed by atoms with van der Waals surface area (Å²) >= 11 is 0. The van der Waals surface area contributed by atoms with Crippen molar-refractivity contribution in [2.24, 2.45) is 0 Å². The molecule has 2 amide bonds. The minimum absolute atomic E-state index is 0.0352. The smallest absolute Gasteiger partial charge is 0.242 e. The number of ether oxygens (including phenoxy) is 1. The fourth-order valence-electron chi connectivity index (χ4n) is 4.67. The van der Waals surface area contributed by atoms with Gasteiger partial charge in [-0.3, -0.25) is 9.59 Å². The van der Waals surface area contributed by atoms with Crippen LogP contribution in [0, 0.1) is 0 Å². The number of carbonyl (C=O) groups excluding carboxylic acids is 2. The highest BCUT2D eigenvalue weighted by molar-refractivity contribution is 5.98. The van der Waals surface area contributed by atoms with Crippen molar-refractivity contribution < 1.29 is 14.3 Å². The Labute approximate surface area is 195 Å². The molecule has 0 bridgehead atoms. The van der Waals surface area contributed by atoms with Gasteiger partial charge in [-0.25, -0.2) is 4.98 Å². The first-order valence-electron chi connectivity index (χ1n) is 11.7. The molecule has 1 aliphatic rings. The second kappa shape index (κ2) is 10.1. The fraction of sp³-hybridized carbons (Fsp3) is 0.423. The van der Waals surface area contributed by atoms with Gasteiger partial charge in [0.05, 0.1) is 23.8 Å². The third kappa shape index (κ3) is 4.58. The molecule has 7 heteroatoms. The minimum atomic E-state index is -0.103. The van der Waals surface area contributed by atoms with E-state index in [1.54, 1.807) is 12.0 Å². The number of para-hydroxylation sites is 4. The number of rotatable bonds is 9. The molecule has 0 N–H and O–H groups in total. The number of aromatic nitrogens is 2. The van der Waals surface area contributed by atoms with Gasteiger partial charge >= 0.3 is 0 Å². The summed E-state index contributed by atoms with van der Waals surface area (Å²) in [4.78, 5) is 34.8. The number of nitrogens with zero attached hydrogens (tertiary/aromatic N) is 4. The first-order chi connectivity index (χ1) is 16.1. The van der Waals surface area contributed by atoms with E-state index in [-0.39, 0.29) is 24.3 Å². The highest BCUT2D eigenvalue weighted by Gasteiger charge is 2.36. The van der Waals surface area contributed by atoms with E-state index >= 15 is 0 Å². The van der Waals surface area contributed by atoms with Crippen molar-refractivity contribution in [3.8, 4) is 5.75 Å². The Morgan fingerprint density at radius 1 is 1.09 bits per heavy atom. The summed E-state index contributed by atoms with van der Waals surface area (Å²) in [5.41, 5.74) is 2.54. The van der Waals surface area contributed by atoms with Gasteiger partial charge in [0, 0.05) is 32.0 Å². The molecule has 4 rings (SSSR count). The zero-order valence-electron chi connectivity index (χ0n) is 19.7. The van der Waals surface area contributed by atoms with Crippen molar-refractivity contribution in [2.75, 3.05) is 31.6 Å². The molecule has 1 fully saturated rings. The van der Waals surface area contributed by atoms with Gasteiger partial charge in [-0.2, -0.15) is 0 Å². The van der Waals surface area contributed by atoms with E-state index in [0.717, 1.165) is 48.5 Å². The van der Waals surface area contributed by atoms with Crippen LogP contribution in [0.2, 0.25) is 0 Å². The van der Waals surface area contributed by atoms with Crippen molar-refractivity contribution in [1.82, 2.24) is 14.5 Å². The number of methoxy groups -OCH3 is 1. The maximum atomic E-state index is 13.2. The highest BCUT2D eigenvalue weighted by Crippen LogP contribution is 2.37. The number of anilines is 1. The largest absolute Gasteiger partial charge is 0.495 e. The molecule has 0 radical (unpaired) electrons. The predicted octanol–water partition coefficient (Wildman–Crippen LogP) is 4.21. The molecule has 1 aliphatic heterocycles. The van der Waals surface area contributed by atoms with Gasteiger partial charge in [0.25, 0.3) is 0 Å². The summed E-state index contributed by atoms with van der Waals surface area (Å²) in [6.07, 6.45) is 2.20. The molecule has 1 atom stereocenters. The van der Waals surface area contributed by atoms with E-state index < -0.39 is 0 Å². The lowest BCUT2D eigenvalue weighted by molar-refractivity contribution is -0.131. The van der Waals surface area contributed by atoms with Crippen molar-refractivity contribution in [1.29, 1.82) is 0 Å². The van der Waals surface area contributed by atoms with Gasteiger partial charge in [-0.05, 0) is 37.1 Å². The zero-order chi connectivity index (χ0) is 23.4. The molecular formula is C26H32N4O3. The van der Waals surface area contributed by atoms with Crippen molar-refractivity contribution in [3.05, 3.63) is 54.4 Å². The Hall–Kier alpha value is -3.35. The lowest BCUT2D eigenvalue weighted by Crippen LogP contribution is -2.35. The van der Waals surface area contributed by atoms with Crippen LogP contribution in [0.4, 0.5) is 5.69 Å². The van der Waals surface area contributed by atoms with Gasteiger partial charge in [0.1, 0.15) is 18.1 Å². The fourth-order valence-corrected chi connectivity index (χ4v) is 4.67.